The molecule has 3 aliphatic rings. The van der Waals surface area contributed by atoms with E-state index in [1.807, 2.05) is 22.4 Å². The van der Waals surface area contributed by atoms with Gasteiger partial charge in [-0.2, -0.15) is 0 Å². The first-order valence-electron chi connectivity index (χ1n) is 15.8. The molecule has 3 N–H and O–H groups in total. The summed E-state index contributed by atoms with van der Waals surface area (Å²) in [5, 5.41) is 17.3. The molecule has 2 aromatic carbocycles. The smallest absolute Gasteiger partial charge is 0.305 e. The molecule has 46 heavy (non-hydrogen) atoms. The van der Waals surface area contributed by atoms with Crippen LogP contribution >= 0.6 is 11.3 Å². The second kappa shape index (κ2) is 14.2. The lowest BCUT2D eigenvalue weighted by molar-refractivity contribution is -0.137. The van der Waals surface area contributed by atoms with Crippen LogP contribution < -0.4 is 25.0 Å². The number of nitrogens with one attached hydrogen (secondary N) is 2. The van der Waals surface area contributed by atoms with E-state index in [2.05, 4.69) is 15.5 Å². The highest BCUT2D eigenvalue weighted by Gasteiger charge is 2.27. The summed E-state index contributed by atoms with van der Waals surface area (Å²) < 4.78 is 10.8. The first-order chi connectivity index (χ1) is 22.4. The van der Waals surface area contributed by atoms with Crippen LogP contribution in [0.15, 0.2) is 53.9 Å². The molecule has 242 valence electrons. The lowest BCUT2D eigenvalue weighted by Crippen LogP contribution is -2.35. The number of carboxylic acid groups (broad SMARTS) is 1. The third kappa shape index (κ3) is 7.28. The predicted octanol–water partition coefficient (Wildman–Crippen LogP) is 5.29. The van der Waals surface area contributed by atoms with Gasteiger partial charge in [-0.1, -0.05) is 25.3 Å². The minimum Gasteiger partial charge on any atom is -0.481 e. The van der Waals surface area contributed by atoms with Crippen molar-refractivity contribution in [2.75, 3.05) is 43.2 Å². The third-order valence-electron chi connectivity index (χ3n) is 8.81. The van der Waals surface area contributed by atoms with E-state index in [-0.39, 0.29) is 30.9 Å². The number of benzene rings is 2. The summed E-state index contributed by atoms with van der Waals surface area (Å²) in [7, 11) is 0. The van der Waals surface area contributed by atoms with Gasteiger partial charge in [-0.15, -0.1) is 11.3 Å². The number of carbonyl (C=O) groups excluding carboxylic acids is 3. The molecule has 1 atom stereocenters. The van der Waals surface area contributed by atoms with Crippen LogP contribution in [-0.2, 0) is 9.59 Å². The minimum atomic E-state index is -1.01. The molecule has 1 saturated heterocycles. The molecule has 1 aromatic heterocycles. The Kier molecular flexibility index (Phi) is 9.72. The Morgan fingerprint density at radius 3 is 2.48 bits per heavy atom. The van der Waals surface area contributed by atoms with Crippen LogP contribution in [0.25, 0.3) is 0 Å². The van der Waals surface area contributed by atoms with Crippen LogP contribution in [0.1, 0.15) is 76.6 Å². The van der Waals surface area contributed by atoms with Gasteiger partial charge in [0.05, 0.1) is 23.8 Å². The van der Waals surface area contributed by atoms with Crippen molar-refractivity contribution in [1.82, 2.24) is 10.2 Å². The molecule has 6 rings (SSSR count). The zero-order valence-corrected chi connectivity index (χ0v) is 26.4. The fraction of sp³-hybridized carbons (Fsp3) is 0.412. The fourth-order valence-electron chi connectivity index (χ4n) is 6.35. The van der Waals surface area contributed by atoms with Crippen molar-refractivity contribution in [3.63, 3.8) is 0 Å². The second-order valence-electron chi connectivity index (χ2n) is 11.9. The van der Waals surface area contributed by atoms with Crippen molar-refractivity contribution in [3.8, 4) is 11.5 Å². The summed E-state index contributed by atoms with van der Waals surface area (Å²) >= 11 is 1.39. The maximum atomic E-state index is 13.5. The highest BCUT2D eigenvalue weighted by Crippen LogP contribution is 2.34. The molecule has 12 heteroatoms. The lowest BCUT2D eigenvalue weighted by atomic mass is 9.88. The first kappa shape index (κ1) is 31.4. The van der Waals surface area contributed by atoms with Crippen LogP contribution in [0.3, 0.4) is 0 Å². The van der Waals surface area contributed by atoms with Crippen LogP contribution in [0.2, 0.25) is 0 Å². The van der Waals surface area contributed by atoms with Crippen LogP contribution in [0, 0.1) is 5.92 Å². The van der Waals surface area contributed by atoms with Crippen molar-refractivity contribution < 1.29 is 33.8 Å². The highest BCUT2D eigenvalue weighted by atomic mass is 32.1. The molecule has 3 aromatic rings. The Hall–Kier alpha value is -4.58. The van der Waals surface area contributed by atoms with E-state index >= 15 is 0 Å². The van der Waals surface area contributed by atoms with Gasteiger partial charge in [-0.05, 0) is 67.1 Å². The number of nitrogens with zero attached hydrogens (tertiary/aromatic N) is 2. The number of amides is 3. The minimum absolute atomic E-state index is 0.0599. The molecule has 1 aliphatic carbocycles. The van der Waals surface area contributed by atoms with Crippen molar-refractivity contribution >= 4 is 46.4 Å². The number of aliphatic carboxylic acids is 1. The molecule has 3 heterocycles. The van der Waals surface area contributed by atoms with Crippen LogP contribution in [-0.4, -0.2) is 66.7 Å². The quantitative estimate of drug-likeness (QED) is 0.285. The standard InChI is InChI=1S/C34H38N4O7S/c39-31(40)20-26(30-8-4-17-46-30)36-33(42)23-9-11-27(25(18-23)35-32(41)22-6-2-1-3-7-22)37-13-5-14-38(16-15-37)34(43)24-10-12-28-29(19-24)45-21-44-28/h4,8-12,17-19,22,26H,1-3,5-7,13-16,20-21H2,(H,35,41)(H,36,42)(H,39,40). The number of anilines is 2. The summed E-state index contributed by atoms with van der Waals surface area (Å²) in [6.45, 7) is 2.38. The Labute approximate surface area is 271 Å². The fourth-order valence-corrected chi connectivity index (χ4v) is 7.13. The number of hydrogen-bond donors (Lipinski definition) is 3. The third-order valence-corrected chi connectivity index (χ3v) is 9.79. The van der Waals surface area contributed by atoms with Crippen molar-refractivity contribution in [3.05, 3.63) is 69.9 Å². The maximum Gasteiger partial charge on any atom is 0.305 e. The predicted molar refractivity (Wildman–Crippen MR) is 174 cm³/mol. The van der Waals surface area contributed by atoms with Gasteiger partial charge >= 0.3 is 5.97 Å². The van der Waals surface area contributed by atoms with E-state index < -0.39 is 17.9 Å². The first-order valence-corrected chi connectivity index (χ1v) is 16.7. The molecule has 1 saturated carbocycles. The van der Waals surface area contributed by atoms with Gasteiger partial charge < -0.3 is 35.0 Å². The molecule has 0 bridgehead atoms. The van der Waals surface area contributed by atoms with E-state index in [0.717, 1.165) is 42.7 Å². The summed E-state index contributed by atoms with van der Waals surface area (Å²) in [5.41, 5.74) is 2.17. The number of hydrogen-bond acceptors (Lipinski definition) is 8. The Morgan fingerprint density at radius 1 is 0.891 bits per heavy atom. The van der Waals surface area contributed by atoms with E-state index in [4.69, 9.17) is 9.47 Å². The molecule has 11 nitrogen and oxygen atoms in total. The average molecular weight is 647 g/mol. The van der Waals surface area contributed by atoms with E-state index in [1.165, 1.54) is 11.3 Å². The Morgan fingerprint density at radius 2 is 1.70 bits per heavy atom. The van der Waals surface area contributed by atoms with Crippen LogP contribution in [0.5, 0.6) is 11.5 Å². The number of rotatable bonds is 9. The monoisotopic (exact) mass is 646 g/mol. The summed E-state index contributed by atoms with van der Waals surface area (Å²) in [5.74, 6) is -0.471. The topological polar surface area (TPSA) is 138 Å². The van der Waals surface area contributed by atoms with Gasteiger partial charge in [-0.3, -0.25) is 19.2 Å². The molecule has 2 fully saturated rings. The van der Waals surface area contributed by atoms with E-state index in [0.29, 0.717) is 60.9 Å². The van der Waals surface area contributed by atoms with Gasteiger partial charge in [0.1, 0.15) is 0 Å². The van der Waals surface area contributed by atoms with Crippen LogP contribution in [0.4, 0.5) is 11.4 Å². The van der Waals surface area contributed by atoms with Gasteiger partial charge in [0.15, 0.2) is 11.5 Å². The van der Waals surface area contributed by atoms with Gasteiger partial charge in [0.25, 0.3) is 11.8 Å². The van der Waals surface area contributed by atoms with Crippen molar-refractivity contribution in [2.45, 2.75) is 51.0 Å². The average Bonchev–Trinajstić information content (AvgIpc) is 3.72. The number of thiophene rings is 1. The molecular formula is C34H38N4O7S. The lowest BCUT2D eigenvalue weighted by Gasteiger charge is -2.28. The summed E-state index contributed by atoms with van der Waals surface area (Å²) in [6.07, 6.45) is 5.29. The molecule has 1 unspecified atom stereocenters. The zero-order valence-electron chi connectivity index (χ0n) is 25.5. The van der Waals surface area contributed by atoms with Gasteiger partial charge in [0, 0.05) is 48.1 Å². The Balaban J connectivity index is 1.21. The number of fused-ring (bicyclic) bond motifs is 1. The SMILES string of the molecule is O=C(O)CC(NC(=O)c1ccc(N2CCCN(C(=O)c3ccc4c(c3)OCO4)CC2)c(NC(=O)C2CCCCC2)c1)c1cccs1. The normalized spacial score (nSPS) is 17.2. The maximum absolute atomic E-state index is 13.5. The molecule has 3 amide bonds. The summed E-state index contributed by atoms with van der Waals surface area (Å²) in [4.78, 5) is 56.6. The van der Waals surface area contributed by atoms with E-state index in [9.17, 15) is 24.3 Å². The van der Waals surface area contributed by atoms with Gasteiger partial charge in [-0.25, -0.2) is 0 Å². The molecule has 2 aliphatic heterocycles. The van der Waals surface area contributed by atoms with Crippen molar-refractivity contribution in [1.29, 1.82) is 0 Å². The number of carbonyl (C=O) groups is 4. The van der Waals surface area contributed by atoms with E-state index in [1.54, 1.807) is 36.4 Å². The highest BCUT2D eigenvalue weighted by molar-refractivity contribution is 7.10. The molecule has 0 radical (unpaired) electrons. The molecule has 0 spiro atoms. The van der Waals surface area contributed by atoms with Gasteiger partial charge in [0.2, 0.25) is 12.7 Å². The second-order valence-corrected chi connectivity index (χ2v) is 12.9. The zero-order chi connectivity index (χ0) is 32.0. The number of carboxylic acids is 1. The Bertz CT molecular complexity index is 1590. The largest absolute Gasteiger partial charge is 0.481 e. The molecular weight excluding hydrogens is 608 g/mol. The van der Waals surface area contributed by atoms with Crippen molar-refractivity contribution in [2.24, 2.45) is 5.92 Å². The number of ether oxygens (including phenoxy) is 2. The summed E-state index contributed by atoms with van der Waals surface area (Å²) in [6, 6.07) is 13.4.